The molecule has 1 unspecified atom stereocenters. The van der Waals surface area contributed by atoms with Crippen molar-refractivity contribution in [3.8, 4) is 11.5 Å². The molecular formula is C21H26N2O3. The van der Waals surface area contributed by atoms with Gasteiger partial charge in [0.25, 0.3) is 5.91 Å². The Hall–Kier alpha value is -2.69. The van der Waals surface area contributed by atoms with Crippen LogP contribution in [0.25, 0.3) is 0 Å². The first-order valence-corrected chi connectivity index (χ1v) is 8.90. The molecule has 1 atom stereocenters. The minimum absolute atomic E-state index is 0.191. The summed E-state index contributed by atoms with van der Waals surface area (Å²) in [6.07, 6.45) is 1.23. The summed E-state index contributed by atoms with van der Waals surface area (Å²) in [4.78, 5) is 15.0. The SMILES string of the molecule is COc1cc(C(=O)Nc2ccc(N3CCC(C)C3)cc2)cc(OC)c1C. The number of carbonyl (C=O) groups is 1. The summed E-state index contributed by atoms with van der Waals surface area (Å²) in [6.45, 7) is 6.36. The Labute approximate surface area is 154 Å². The molecule has 0 saturated carbocycles. The number of amides is 1. The number of anilines is 2. The van der Waals surface area contributed by atoms with Crippen molar-refractivity contribution in [3.63, 3.8) is 0 Å². The average molecular weight is 354 g/mol. The molecule has 1 aliphatic rings. The Morgan fingerprint density at radius 2 is 1.73 bits per heavy atom. The highest BCUT2D eigenvalue weighted by Crippen LogP contribution is 2.30. The second-order valence-electron chi connectivity index (χ2n) is 6.85. The average Bonchev–Trinajstić information content (AvgIpc) is 3.08. The fourth-order valence-electron chi connectivity index (χ4n) is 3.35. The van der Waals surface area contributed by atoms with Gasteiger partial charge in [-0.25, -0.2) is 0 Å². The quantitative estimate of drug-likeness (QED) is 0.878. The van der Waals surface area contributed by atoms with E-state index in [1.807, 2.05) is 19.1 Å². The first kappa shape index (κ1) is 18.1. The molecule has 1 saturated heterocycles. The third-order valence-corrected chi connectivity index (χ3v) is 4.93. The topological polar surface area (TPSA) is 50.8 Å². The van der Waals surface area contributed by atoms with Gasteiger partial charge in [-0.3, -0.25) is 4.79 Å². The van der Waals surface area contributed by atoms with Crippen LogP contribution < -0.4 is 19.7 Å². The van der Waals surface area contributed by atoms with Crippen LogP contribution in [-0.2, 0) is 0 Å². The minimum Gasteiger partial charge on any atom is -0.496 e. The molecule has 26 heavy (non-hydrogen) atoms. The number of ether oxygens (including phenoxy) is 2. The number of rotatable bonds is 5. The normalized spacial score (nSPS) is 16.5. The molecule has 0 aliphatic carbocycles. The van der Waals surface area contributed by atoms with Gasteiger partial charge in [0.2, 0.25) is 0 Å². The van der Waals surface area contributed by atoms with Crippen LogP contribution in [-0.4, -0.2) is 33.2 Å². The van der Waals surface area contributed by atoms with E-state index in [2.05, 4.69) is 29.3 Å². The van der Waals surface area contributed by atoms with E-state index in [4.69, 9.17) is 9.47 Å². The summed E-state index contributed by atoms with van der Waals surface area (Å²) < 4.78 is 10.7. The maximum Gasteiger partial charge on any atom is 0.255 e. The second-order valence-corrected chi connectivity index (χ2v) is 6.85. The van der Waals surface area contributed by atoms with Gasteiger partial charge in [-0.05, 0) is 55.7 Å². The van der Waals surface area contributed by atoms with Crippen LogP contribution >= 0.6 is 0 Å². The van der Waals surface area contributed by atoms with Crippen molar-refractivity contribution >= 4 is 17.3 Å². The standard InChI is InChI=1S/C21H26N2O3/c1-14-9-10-23(13-14)18-7-5-17(6-8-18)22-21(24)16-11-19(25-3)15(2)20(12-16)26-4/h5-8,11-12,14H,9-10,13H2,1-4H3,(H,22,24). The Morgan fingerprint density at radius 1 is 1.12 bits per heavy atom. The zero-order chi connectivity index (χ0) is 18.7. The third kappa shape index (κ3) is 3.77. The minimum atomic E-state index is -0.191. The van der Waals surface area contributed by atoms with Gasteiger partial charge in [0.05, 0.1) is 14.2 Å². The molecule has 0 aromatic heterocycles. The van der Waals surface area contributed by atoms with E-state index in [0.717, 1.165) is 30.3 Å². The Kier molecular flexibility index (Phi) is 5.35. The first-order valence-electron chi connectivity index (χ1n) is 8.90. The van der Waals surface area contributed by atoms with Gasteiger partial charge >= 0.3 is 0 Å². The van der Waals surface area contributed by atoms with Gasteiger partial charge in [-0.2, -0.15) is 0 Å². The molecule has 0 spiro atoms. The number of benzene rings is 2. The maximum atomic E-state index is 12.6. The molecule has 2 aromatic carbocycles. The van der Waals surface area contributed by atoms with Gasteiger partial charge in [0.15, 0.2) is 0 Å². The molecule has 1 aliphatic heterocycles. The van der Waals surface area contributed by atoms with Crippen LogP contribution in [0, 0.1) is 12.8 Å². The van der Waals surface area contributed by atoms with Crippen LogP contribution in [0.2, 0.25) is 0 Å². The van der Waals surface area contributed by atoms with Gasteiger partial charge in [0.1, 0.15) is 11.5 Å². The van der Waals surface area contributed by atoms with Crippen LogP contribution in [0.1, 0.15) is 29.3 Å². The molecule has 1 fully saturated rings. The summed E-state index contributed by atoms with van der Waals surface area (Å²) >= 11 is 0. The van der Waals surface area contributed by atoms with Crippen molar-refractivity contribution in [3.05, 3.63) is 47.5 Å². The highest BCUT2D eigenvalue weighted by Gasteiger charge is 2.19. The summed E-state index contributed by atoms with van der Waals surface area (Å²) in [7, 11) is 3.17. The number of nitrogens with zero attached hydrogens (tertiary/aromatic N) is 1. The predicted octanol–water partition coefficient (Wildman–Crippen LogP) is 4.11. The van der Waals surface area contributed by atoms with Gasteiger partial charge in [0, 0.05) is 35.6 Å². The Morgan fingerprint density at radius 3 is 2.23 bits per heavy atom. The molecule has 5 nitrogen and oxygen atoms in total. The fourth-order valence-corrected chi connectivity index (χ4v) is 3.35. The van der Waals surface area contributed by atoms with Gasteiger partial charge in [-0.15, -0.1) is 0 Å². The number of nitrogens with one attached hydrogen (secondary N) is 1. The van der Waals surface area contributed by atoms with Crippen molar-refractivity contribution < 1.29 is 14.3 Å². The molecular weight excluding hydrogens is 328 g/mol. The Balaban J connectivity index is 1.74. The smallest absolute Gasteiger partial charge is 0.255 e. The van der Waals surface area contributed by atoms with E-state index in [9.17, 15) is 4.79 Å². The molecule has 0 bridgehead atoms. The fraction of sp³-hybridized carbons (Fsp3) is 0.381. The van der Waals surface area contributed by atoms with E-state index < -0.39 is 0 Å². The summed E-state index contributed by atoms with van der Waals surface area (Å²) in [5.41, 5.74) is 3.34. The lowest BCUT2D eigenvalue weighted by Gasteiger charge is -2.18. The van der Waals surface area contributed by atoms with Crippen LogP contribution in [0.5, 0.6) is 11.5 Å². The molecule has 138 valence electrons. The van der Waals surface area contributed by atoms with E-state index in [1.165, 1.54) is 12.1 Å². The van der Waals surface area contributed by atoms with Crippen LogP contribution in [0.3, 0.4) is 0 Å². The molecule has 5 heteroatoms. The molecule has 1 amide bonds. The summed E-state index contributed by atoms with van der Waals surface area (Å²) in [5, 5.41) is 2.94. The number of methoxy groups -OCH3 is 2. The Bertz CT molecular complexity index is 761. The molecule has 1 heterocycles. The number of hydrogen-bond acceptors (Lipinski definition) is 4. The van der Waals surface area contributed by atoms with Crippen LogP contribution in [0.4, 0.5) is 11.4 Å². The zero-order valence-corrected chi connectivity index (χ0v) is 15.8. The predicted molar refractivity (Wildman–Crippen MR) is 105 cm³/mol. The van der Waals surface area contributed by atoms with Crippen molar-refractivity contribution in [2.45, 2.75) is 20.3 Å². The lowest BCUT2D eigenvalue weighted by molar-refractivity contribution is 0.102. The molecule has 0 radical (unpaired) electrons. The number of hydrogen-bond donors (Lipinski definition) is 1. The van der Waals surface area contributed by atoms with Gasteiger partial charge < -0.3 is 19.7 Å². The maximum absolute atomic E-state index is 12.6. The second kappa shape index (κ2) is 7.68. The monoisotopic (exact) mass is 354 g/mol. The molecule has 1 N–H and O–H groups in total. The largest absolute Gasteiger partial charge is 0.496 e. The van der Waals surface area contributed by atoms with E-state index >= 15 is 0 Å². The van der Waals surface area contributed by atoms with E-state index in [0.29, 0.717) is 17.1 Å². The van der Waals surface area contributed by atoms with Gasteiger partial charge in [-0.1, -0.05) is 6.92 Å². The lowest BCUT2D eigenvalue weighted by Crippen LogP contribution is -2.19. The van der Waals surface area contributed by atoms with Crippen molar-refractivity contribution in [2.24, 2.45) is 5.92 Å². The molecule has 3 rings (SSSR count). The van der Waals surface area contributed by atoms with E-state index in [1.54, 1.807) is 26.4 Å². The molecule has 2 aromatic rings. The first-order chi connectivity index (χ1) is 12.5. The zero-order valence-electron chi connectivity index (χ0n) is 15.8. The van der Waals surface area contributed by atoms with Crippen molar-refractivity contribution in [1.29, 1.82) is 0 Å². The number of carbonyl (C=O) groups excluding carboxylic acids is 1. The highest BCUT2D eigenvalue weighted by atomic mass is 16.5. The lowest BCUT2D eigenvalue weighted by atomic mass is 10.1. The third-order valence-electron chi connectivity index (χ3n) is 4.93. The summed E-state index contributed by atoms with van der Waals surface area (Å²) in [5.74, 6) is 1.81. The van der Waals surface area contributed by atoms with E-state index in [-0.39, 0.29) is 5.91 Å². The highest BCUT2D eigenvalue weighted by molar-refractivity contribution is 6.05. The van der Waals surface area contributed by atoms with Crippen LogP contribution in [0.15, 0.2) is 36.4 Å². The van der Waals surface area contributed by atoms with Crippen molar-refractivity contribution in [2.75, 3.05) is 37.5 Å². The van der Waals surface area contributed by atoms with Crippen molar-refractivity contribution in [1.82, 2.24) is 0 Å². The summed E-state index contributed by atoms with van der Waals surface area (Å²) in [6, 6.07) is 11.5.